The van der Waals surface area contributed by atoms with Gasteiger partial charge in [0.25, 0.3) is 0 Å². The molecule has 0 aromatic heterocycles. The minimum atomic E-state index is -2.97. The number of Topliss-reactive ketones (excluding diaryl/α,β-unsaturated/α-hetero) is 2. The lowest BCUT2D eigenvalue weighted by molar-refractivity contribution is -0.116. The van der Waals surface area contributed by atoms with Gasteiger partial charge in [-0.25, -0.2) is 0 Å². The third-order valence-electron chi connectivity index (χ3n) is 2.88. The van der Waals surface area contributed by atoms with E-state index < -0.39 is 33.0 Å². The van der Waals surface area contributed by atoms with E-state index in [2.05, 4.69) is 23.7 Å². The fourth-order valence-corrected chi connectivity index (χ4v) is 2.27. The molecule has 0 fully saturated rings. The van der Waals surface area contributed by atoms with Gasteiger partial charge in [0.2, 0.25) is 11.6 Å². The van der Waals surface area contributed by atoms with Crippen LogP contribution in [0.1, 0.15) is 11.1 Å². The molecule has 0 aliphatic rings. The van der Waals surface area contributed by atoms with Crippen molar-refractivity contribution in [2.75, 3.05) is 13.2 Å². The Kier molecular flexibility index (Phi) is 8.06. The molecule has 0 amide bonds. The number of hydrogen-bond acceptors (Lipinski definition) is 5. The predicted molar refractivity (Wildman–Crippen MR) is 97.6 cm³/mol. The first-order valence-electron chi connectivity index (χ1n) is 7.63. The van der Waals surface area contributed by atoms with E-state index in [4.69, 9.17) is 9.05 Å². The van der Waals surface area contributed by atoms with Crippen molar-refractivity contribution in [3.63, 3.8) is 0 Å². The molecule has 0 spiro atoms. The summed E-state index contributed by atoms with van der Waals surface area (Å²) in [5.74, 6) is 9.01. The lowest BCUT2D eigenvalue weighted by atomic mass is 10.2. The summed E-state index contributed by atoms with van der Waals surface area (Å²) in [6, 6.07) is 17.9. The van der Waals surface area contributed by atoms with Crippen LogP contribution in [-0.2, 0) is 23.2 Å². The summed E-state index contributed by atoms with van der Waals surface area (Å²) in [7, 11) is -2.97. The maximum Gasteiger partial charge on any atom is 0.320 e. The zero-order valence-electron chi connectivity index (χ0n) is 13.7. The van der Waals surface area contributed by atoms with Crippen molar-refractivity contribution >= 4 is 19.8 Å². The normalized spacial score (nSPS) is 9.58. The Balaban J connectivity index is 1.70. The first kappa shape index (κ1) is 19.4. The highest BCUT2D eigenvalue weighted by molar-refractivity contribution is 7.33. The second-order valence-corrected chi connectivity index (χ2v) is 5.98. The number of hydrogen-bond donors (Lipinski definition) is 0. The second-order valence-electron chi connectivity index (χ2n) is 4.91. The van der Waals surface area contributed by atoms with Crippen molar-refractivity contribution in [3.05, 3.63) is 71.8 Å². The van der Waals surface area contributed by atoms with Crippen LogP contribution in [0, 0.1) is 23.7 Å². The predicted octanol–water partition coefficient (Wildman–Crippen LogP) is 2.65. The van der Waals surface area contributed by atoms with Crippen molar-refractivity contribution < 1.29 is 23.2 Å². The smallest absolute Gasteiger partial charge is 0.302 e. The monoisotopic (exact) mass is 366 g/mol. The summed E-state index contributed by atoms with van der Waals surface area (Å²) in [5.41, 5.74) is 1.37. The van der Waals surface area contributed by atoms with E-state index in [1.165, 1.54) is 0 Å². The van der Waals surface area contributed by atoms with E-state index in [1.807, 2.05) is 12.1 Å². The number of carbonyl (C=O) groups excluding carboxylic acids is 2. The highest BCUT2D eigenvalue weighted by Crippen LogP contribution is 2.22. The van der Waals surface area contributed by atoms with Gasteiger partial charge in [0.05, 0.1) is 0 Å². The van der Waals surface area contributed by atoms with Crippen LogP contribution in [0.3, 0.4) is 0 Å². The molecule has 0 atom stereocenters. The summed E-state index contributed by atoms with van der Waals surface area (Å²) in [4.78, 5) is 23.1. The van der Waals surface area contributed by atoms with E-state index in [0.717, 1.165) is 0 Å². The molecular weight excluding hydrogens is 351 g/mol. The number of carbonyl (C=O) groups is 2. The third kappa shape index (κ3) is 7.75. The molecule has 0 heterocycles. The highest BCUT2D eigenvalue weighted by atomic mass is 31.1. The summed E-state index contributed by atoms with van der Waals surface area (Å²) in [6.45, 7) is -0.941. The van der Waals surface area contributed by atoms with Crippen molar-refractivity contribution in [2.24, 2.45) is 0 Å². The molecule has 130 valence electrons. The van der Waals surface area contributed by atoms with Gasteiger partial charge in [0.1, 0.15) is 13.2 Å². The van der Waals surface area contributed by atoms with Gasteiger partial charge in [0.15, 0.2) is 0 Å². The fourth-order valence-electron chi connectivity index (χ4n) is 1.69. The molecule has 6 heteroatoms. The Labute approximate surface area is 152 Å². The van der Waals surface area contributed by atoms with Gasteiger partial charge in [-0.1, -0.05) is 48.2 Å². The van der Waals surface area contributed by atoms with Crippen molar-refractivity contribution in [1.82, 2.24) is 0 Å². The van der Waals surface area contributed by atoms with E-state index in [9.17, 15) is 14.2 Å². The number of benzene rings is 2. The third-order valence-corrected chi connectivity index (χ3v) is 3.64. The van der Waals surface area contributed by atoms with Gasteiger partial charge in [-0.2, -0.15) is 0 Å². The first-order valence-corrected chi connectivity index (χ1v) is 8.85. The summed E-state index contributed by atoms with van der Waals surface area (Å²) < 4.78 is 21.1. The van der Waals surface area contributed by atoms with Crippen LogP contribution in [0.5, 0.6) is 0 Å². The summed E-state index contributed by atoms with van der Waals surface area (Å²) in [6.07, 6.45) is 0. The maximum absolute atomic E-state index is 11.6. The largest absolute Gasteiger partial charge is 0.320 e. The Morgan fingerprint density at radius 3 is 1.50 bits per heavy atom. The Morgan fingerprint density at radius 1 is 0.731 bits per heavy atom. The molecule has 0 N–H and O–H groups in total. The van der Waals surface area contributed by atoms with Crippen LogP contribution in [0.15, 0.2) is 60.7 Å². The average Bonchev–Trinajstić information content (AvgIpc) is 2.69. The quantitative estimate of drug-likeness (QED) is 0.581. The van der Waals surface area contributed by atoms with Crippen LogP contribution in [0.25, 0.3) is 0 Å². The lowest BCUT2D eigenvalue weighted by Crippen LogP contribution is -2.05. The molecule has 2 aromatic rings. The minimum Gasteiger partial charge on any atom is -0.302 e. The number of ketones is 2. The van der Waals surface area contributed by atoms with Crippen LogP contribution < -0.4 is 0 Å². The van der Waals surface area contributed by atoms with Crippen molar-refractivity contribution in [3.8, 4) is 23.7 Å². The molecule has 0 saturated heterocycles. The van der Waals surface area contributed by atoms with Crippen LogP contribution in [-0.4, -0.2) is 24.8 Å². The molecule has 0 saturated carbocycles. The first-order chi connectivity index (χ1) is 12.6. The highest BCUT2D eigenvalue weighted by Gasteiger charge is 2.06. The van der Waals surface area contributed by atoms with Gasteiger partial charge in [-0.05, 0) is 36.1 Å². The zero-order chi connectivity index (χ0) is 18.6. The van der Waals surface area contributed by atoms with Gasteiger partial charge in [0, 0.05) is 11.1 Å². The lowest BCUT2D eigenvalue weighted by Gasteiger charge is -2.00. The zero-order valence-corrected chi connectivity index (χ0v) is 14.7. The van der Waals surface area contributed by atoms with Gasteiger partial charge < -0.3 is 9.05 Å². The molecule has 2 rings (SSSR count). The Morgan fingerprint density at radius 2 is 1.12 bits per heavy atom. The molecule has 0 radical (unpaired) electrons. The molecule has 0 unspecified atom stereocenters. The molecule has 2 aromatic carbocycles. The summed E-state index contributed by atoms with van der Waals surface area (Å²) >= 11 is 0. The second kappa shape index (κ2) is 10.8. The van der Waals surface area contributed by atoms with E-state index in [-0.39, 0.29) is 0 Å². The molecular formula is C20H15O5P. The van der Waals surface area contributed by atoms with Crippen LogP contribution in [0.4, 0.5) is 0 Å². The minimum absolute atomic E-state index is 0.471. The summed E-state index contributed by atoms with van der Waals surface area (Å²) in [5, 5.41) is 0. The molecule has 26 heavy (non-hydrogen) atoms. The fraction of sp³-hybridized carbons (Fsp3) is 0.100. The van der Waals surface area contributed by atoms with E-state index >= 15 is 0 Å². The molecule has 5 nitrogen and oxygen atoms in total. The number of rotatable bonds is 6. The SMILES string of the molecule is O=C(C#Cc1ccccc1)CO[PH](=O)OCC(=O)C#Cc1ccccc1. The topological polar surface area (TPSA) is 69.7 Å². The molecule has 0 aliphatic carbocycles. The Hall–Kier alpha value is -2.95. The van der Waals surface area contributed by atoms with Gasteiger partial charge in [-0.3, -0.25) is 14.2 Å². The van der Waals surface area contributed by atoms with Gasteiger partial charge >= 0.3 is 8.25 Å². The van der Waals surface area contributed by atoms with Gasteiger partial charge in [-0.15, -0.1) is 0 Å². The van der Waals surface area contributed by atoms with E-state index in [1.54, 1.807) is 48.5 Å². The van der Waals surface area contributed by atoms with E-state index in [0.29, 0.717) is 11.1 Å². The standard InChI is InChI=1S/C20H15O5P/c21-19(13-11-17-7-3-1-4-8-17)15-24-26(23)25-16-20(22)14-12-18-9-5-2-6-10-18/h1-10,26H,15-16H2. The van der Waals surface area contributed by atoms with Crippen LogP contribution >= 0.6 is 8.25 Å². The molecule has 0 aliphatic heterocycles. The Bertz CT molecular complexity index is 824. The van der Waals surface area contributed by atoms with Crippen LogP contribution in [0.2, 0.25) is 0 Å². The maximum atomic E-state index is 11.6. The average molecular weight is 366 g/mol. The van der Waals surface area contributed by atoms with Crippen molar-refractivity contribution in [2.45, 2.75) is 0 Å². The van der Waals surface area contributed by atoms with Crippen molar-refractivity contribution in [1.29, 1.82) is 0 Å². The molecule has 0 bridgehead atoms.